The number of carbonyl (C=O) groups excluding carboxylic acids is 1. The number of hydrogen-bond acceptors (Lipinski definition) is 5. The van der Waals surface area contributed by atoms with Gasteiger partial charge >= 0.3 is 0 Å². The maximum atomic E-state index is 12.2. The van der Waals surface area contributed by atoms with Gasteiger partial charge in [0.15, 0.2) is 9.84 Å². The highest BCUT2D eigenvalue weighted by molar-refractivity contribution is 7.92. The van der Waals surface area contributed by atoms with Crippen LogP contribution in [0.3, 0.4) is 0 Å². The van der Waals surface area contributed by atoms with Gasteiger partial charge in [0.25, 0.3) is 0 Å². The van der Waals surface area contributed by atoms with Crippen molar-refractivity contribution in [1.82, 2.24) is 4.72 Å². The molecule has 1 aliphatic heterocycles. The van der Waals surface area contributed by atoms with Gasteiger partial charge in [0, 0.05) is 13.0 Å². The van der Waals surface area contributed by atoms with Gasteiger partial charge in [0.2, 0.25) is 15.9 Å². The summed E-state index contributed by atoms with van der Waals surface area (Å²) in [7, 11) is -7.05. The molecule has 0 saturated carbocycles. The minimum atomic E-state index is -3.87. The number of nitrogens with one attached hydrogen (secondary N) is 2. The van der Waals surface area contributed by atoms with E-state index in [9.17, 15) is 21.6 Å². The minimum Gasteiger partial charge on any atom is -0.325 e. The van der Waals surface area contributed by atoms with Crippen LogP contribution in [0.1, 0.15) is 13.3 Å². The van der Waals surface area contributed by atoms with E-state index >= 15 is 0 Å². The summed E-state index contributed by atoms with van der Waals surface area (Å²) in [5, 5.41) is 2.55. The maximum absolute atomic E-state index is 12.2. The third-order valence-electron chi connectivity index (χ3n) is 3.12. The van der Waals surface area contributed by atoms with Crippen LogP contribution in [0.25, 0.3) is 0 Å². The van der Waals surface area contributed by atoms with E-state index in [4.69, 9.17) is 11.6 Å². The van der Waals surface area contributed by atoms with E-state index in [0.717, 1.165) is 0 Å². The summed E-state index contributed by atoms with van der Waals surface area (Å²) < 4.78 is 49.6. The predicted molar refractivity (Wildman–Crippen MR) is 83.1 cm³/mol. The van der Waals surface area contributed by atoms with Crippen molar-refractivity contribution in [2.75, 3.05) is 16.8 Å². The van der Waals surface area contributed by atoms with E-state index in [1.807, 2.05) is 0 Å². The molecule has 1 fully saturated rings. The highest BCUT2D eigenvalue weighted by atomic mass is 35.5. The van der Waals surface area contributed by atoms with Gasteiger partial charge in [-0.25, -0.2) is 21.6 Å². The Morgan fingerprint density at radius 2 is 2.05 bits per heavy atom. The van der Waals surface area contributed by atoms with Crippen molar-refractivity contribution in [3.8, 4) is 0 Å². The molecule has 0 aliphatic carbocycles. The molecule has 0 radical (unpaired) electrons. The fraction of sp³-hybridized carbons (Fsp3) is 0.417. The Labute approximate surface area is 134 Å². The number of sulfonamides is 1. The Hall–Kier alpha value is -1.16. The van der Waals surface area contributed by atoms with Gasteiger partial charge in [-0.1, -0.05) is 11.6 Å². The van der Waals surface area contributed by atoms with Crippen LogP contribution in [0.15, 0.2) is 23.1 Å². The zero-order chi connectivity index (χ0) is 16.5. The lowest BCUT2D eigenvalue weighted by molar-refractivity contribution is -0.114. The average molecular weight is 367 g/mol. The number of rotatable bonds is 4. The molecule has 0 spiro atoms. The lowest BCUT2D eigenvalue weighted by atomic mass is 10.3. The third kappa shape index (κ3) is 4.19. The minimum absolute atomic E-state index is 0.0254. The smallest absolute Gasteiger partial charge is 0.240 e. The normalized spacial score (nSPS) is 20.7. The number of carbonyl (C=O) groups is 1. The molecular weight excluding hydrogens is 352 g/mol. The number of halogens is 1. The van der Waals surface area contributed by atoms with Crippen LogP contribution in [-0.4, -0.2) is 40.3 Å². The first-order valence-electron chi connectivity index (χ1n) is 6.39. The molecule has 2 N–H and O–H groups in total. The Morgan fingerprint density at radius 3 is 2.55 bits per heavy atom. The van der Waals surface area contributed by atoms with Crippen molar-refractivity contribution in [3.63, 3.8) is 0 Å². The first-order valence-corrected chi connectivity index (χ1v) is 10.1. The van der Waals surface area contributed by atoms with E-state index in [-0.39, 0.29) is 33.8 Å². The van der Waals surface area contributed by atoms with E-state index in [1.54, 1.807) is 0 Å². The Kier molecular flexibility index (Phi) is 4.81. The van der Waals surface area contributed by atoms with Crippen molar-refractivity contribution in [1.29, 1.82) is 0 Å². The van der Waals surface area contributed by atoms with Crippen LogP contribution < -0.4 is 10.0 Å². The monoisotopic (exact) mass is 366 g/mol. The molecule has 0 bridgehead atoms. The van der Waals surface area contributed by atoms with Gasteiger partial charge in [-0.05, 0) is 24.6 Å². The molecule has 22 heavy (non-hydrogen) atoms. The molecule has 1 aliphatic rings. The van der Waals surface area contributed by atoms with Crippen molar-refractivity contribution < 1.29 is 21.6 Å². The summed E-state index contributed by atoms with van der Waals surface area (Å²) >= 11 is 5.94. The number of benzene rings is 1. The summed E-state index contributed by atoms with van der Waals surface area (Å²) in [4.78, 5) is 10.9. The summed E-state index contributed by atoms with van der Waals surface area (Å²) in [5.74, 6) is -0.557. The molecule has 122 valence electrons. The molecule has 1 atom stereocenters. The quantitative estimate of drug-likeness (QED) is 0.817. The number of anilines is 1. The summed E-state index contributed by atoms with van der Waals surface area (Å²) in [5.41, 5.74) is 0.302. The molecule has 1 amide bonds. The van der Waals surface area contributed by atoms with Crippen molar-refractivity contribution in [3.05, 3.63) is 23.2 Å². The second-order valence-electron chi connectivity index (χ2n) is 5.04. The van der Waals surface area contributed by atoms with E-state index in [2.05, 4.69) is 10.0 Å². The molecular formula is C12H15ClN2O5S2. The maximum Gasteiger partial charge on any atom is 0.240 e. The molecule has 1 saturated heterocycles. The average Bonchev–Trinajstić information content (AvgIpc) is 2.69. The lowest BCUT2D eigenvalue weighted by Crippen LogP contribution is -2.35. The third-order valence-corrected chi connectivity index (χ3v) is 6.71. The molecule has 7 nitrogen and oxygen atoms in total. The van der Waals surface area contributed by atoms with Gasteiger partial charge in [0.1, 0.15) is 0 Å². The van der Waals surface area contributed by atoms with Crippen molar-refractivity contribution in [2.45, 2.75) is 24.3 Å². The van der Waals surface area contributed by atoms with Crippen LogP contribution in [0, 0.1) is 0 Å². The second-order valence-corrected chi connectivity index (χ2v) is 9.39. The second kappa shape index (κ2) is 6.15. The van der Waals surface area contributed by atoms with Gasteiger partial charge in [0.05, 0.1) is 27.1 Å². The number of hydrogen-bond donors (Lipinski definition) is 2. The highest BCUT2D eigenvalue weighted by Gasteiger charge is 2.31. The van der Waals surface area contributed by atoms with Crippen LogP contribution in [-0.2, 0) is 24.7 Å². The molecule has 1 aromatic carbocycles. The van der Waals surface area contributed by atoms with Crippen LogP contribution in [0.2, 0.25) is 5.02 Å². The molecule has 10 heteroatoms. The molecule has 0 aromatic heterocycles. The van der Waals surface area contributed by atoms with Crippen LogP contribution in [0.4, 0.5) is 5.69 Å². The van der Waals surface area contributed by atoms with Gasteiger partial charge < -0.3 is 5.32 Å². The summed E-state index contributed by atoms with van der Waals surface area (Å²) in [6, 6.07) is 3.24. The van der Waals surface area contributed by atoms with Gasteiger partial charge in [-0.3, -0.25) is 4.79 Å². The molecule has 1 aromatic rings. The first-order chi connectivity index (χ1) is 10.1. The molecule has 2 rings (SSSR count). The SMILES string of the molecule is CC(=O)Nc1ccc(S(=O)(=O)N[C@@H]2CCS(=O)(=O)C2)cc1Cl. The summed E-state index contributed by atoms with van der Waals surface area (Å²) in [6.07, 6.45) is 0.249. The molecule has 1 heterocycles. The highest BCUT2D eigenvalue weighted by Crippen LogP contribution is 2.25. The fourth-order valence-corrected chi connectivity index (χ4v) is 5.50. The zero-order valence-corrected chi connectivity index (χ0v) is 14.1. The number of sulfone groups is 1. The largest absolute Gasteiger partial charge is 0.325 e. The standard InChI is InChI=1S/C12H15ClN2O5S2/c1-8(16)14-12-3-2-10(6-11(12)13)22(19,20)15-9-4-5-21(17,18)7-9/h2-3,6,9,15H,4-5,7H2,1H3,(H,14,16)/t9-/m1/s1. The fourth-order valence-electron chi connectivity index (χ4n) is 2.13. The van der Waals surface area contributed by atoms with Crippen molar-refractivity contribution in [2.24, 2.45) is 0 Å². The summed E-state index contributed by atoms with van der Waals surface area (Å²) in [6.45, 7) is 1.31. The van der Waals surface area contributed by atoms with Gasteiger partial charge in [-0.15, -0.1) is 0 Å². The van der Waals surface area contributed by atoms with Crippen molar-refractivity contribution >= 4 is 43.1 Å². The zero-order valence-electron chi connectivity index (χ0n) is 11.7. The van der Waals surface area contributed by atoms with E-state index < -0.39 is 25.9 Å². The van der Waals surface area contributed by atoms with E-state index in [0.29, 0.717) is 5.69 Å². The van der Waals surface area contributed by atoms with Crippen LogP contribution >= 0.6 is 11.6 Å². The predicted octanol–water partition coefficient (Wildman–Crippen LogP) is 0.764. The topological polar surface area (TPSA) is 109 Å². The first kappa shape index (κ1) is 17.2. The lowest BCUT2D eigenvalue weighted by Gasteiger charge is -2.13. The Morgan fingerprint density at radius 1 is 1.36 bits per heavy atom. The van der Waals surface area contributed by atoms with Gasteiger partial charge in [-0.2, -0.15) is 0 Å². The van der Waals surface area contributed by atoms with Crippen LogP contribution in [0.5, 0.6) is 0 Å². The molecule has 0 unspecified atom stereocenters. The van der Waals surface area contributed by atoms with E-state index in [1.165, 1.54) is 25.1 Å². The Balaban J connectivity index is 2.19. The Bertz CT molecular complexity index is 805. The number of amides is 1.